The molecule has 1 saturated heterocycles. The number of nitrogens with zero attached hydrogens (tertiary/aromatic N) is 1. The van der Waals surface area contributed by atoms with Crippen LogP contribution in [0.15, 0.2) is 24.3 Å². The van der Waals surface area contributed by atoms with E-state index in [1.54, 1.807) is 6.07 Å². The number of hydrogen-bond acceptors (Lipinski definition) is 4. The van der Waals surface area contributed by atoms with E-state index in [1.807, 2.05) is 0 Å². The quantitative estimate of drug-likeness (QED) is 0.897. The van der Waals surface area contributed by atoms with Crippen LogP contribution in [0.3, 0.4) is 0 Å². The van der Waals surface area contributed by atoms with E-state index < -0.39 is 6.36 Å². The van der Waals surface area contributed by atoms with Gasteiger partial charge in [0.25, 0.3) is 0 Å². The van der Waals surface area contributed by atoms with Gasteiger partial charge < -0.3 is 14.8 Å². The fourth-order valence-corrected chi connectivity index (χ4v) is 2.00. The highest BCUT2D eigenvalue weighted by molar-refractivity contribution is 5.39. The lowest BCUT2D eigenvalue weighted by molar-refractivity contribution is -0.275. The van der Waals surface area contributed by atoms with Crippen LogP contribution in [-0.2, 0) is 0 Å². The molecule has 112 valence electrons. The molecule has 0 spiro atoms. The summed E-state index contributed by atoms with van der Waals surface area (Å²) in [5.41, 5.74) is 0. The summed E-state index contributed by atoms with van der Waals surface area (Å²) in [6, 6.07) is 5.81. The second-order valence-corrected chi connectivity index (χ2v) is 4.43. The van der Waals surface area contributed by atoms with Gasteiger partial charge >= 0.3 is 6.36 Å². The molecule has 0 unspecified atom stereocenters. The molecular formula is C13H17F3N2O2. The van der Waals surface area contributed by atoms with E-state index in [9.17, 15) is 13.2 Å². The van der Waals surface area contributed by atoms with Gasteiger partial charge in [-0.2, -0.15) is 0 Å². The molecule has 1 aliphatic heterocycles. The van der Waals surface area contributed by atoms with E-state index in [4.69, 9.17) is 4.74 Å². The Labute approximate surface area is 115 Å². The number of benzene rings is 1. The molecule has 1 aliphatic rings. The van der Waals surface area contributed by atoms with Gasteiger partial charge in [0.05, 0.1) is 0 Å². The molecule has 1 heterocycles. The van der Waals surface area contributed by atoms with Gasteiger partial charge in [-0.3, -0.25) is 4.90 Å². The molecule has 20 heavy (non-hydrogen) atoms. The topological polar surface area (TPSA) is 33.7 Å². The van der Waals surface area contributed by atoms with Gasteiger partial charge in [-0.1, -0.05) is 12.1 Å². The Bertz CT molecular complexity index is 420. The summed E-state index contributed by atoms with van der Waals surface area (Å²) >= 11 is 0. The molecular weight excluding hydrogens is 273 g/mol. The van der Waals surface area contributed by atoms with Crippen molar-refractivity contribution in [2.45, 2.75) is 6.36 Å². The van der Waals surface area contributed by atoms with E-state index >= 15 is 0 Å². The average Bonchev–Trinajstić information content (AvgIpc) is 2.40. The number of halogens is 3. The maximum Gasteiger partial charge on any atom is 0.573 e. The molecule has 0 radical (unpaired) electrons. The van der Waals surface area contributed by atoms with Crippen molar-refractivity contribution in [3.63, 3.8) is 0 Å². The largest absolute Gasteiger partial charge is 0.573 e. The molecule has 1 aromatic carbocycles. The summed E-state index contributed by atoms with van der Waals surface area (Å²) in [4.78, 5) is 2.20. The number of hydrogen-bond donors (Lipinski definition) is 1. The smallest absolute Gasteiger partial charge is 0.488 e. The van der Waals surface area contributed by atoms with Crippen molar-refractivity contribution in [1.29, 1.82) is 0 Å². The summed E-state index contributed by atoms with van der Waals surface area (Å²) in [6.45, 7) is 4.70. The number of para-hydroxylation sites is 2. The summed E-state index contributed by atoms with van der Waals surface area (Å²) in [5, 5.41) is 3.23. The highest BCUT2D eigenvalue weighted by Crippen LogP contribution is 2.31. The van der Waals surface area contributed by atoms with Gasteiger partial charge in [0.1, 0.15) is 6.61 Å². The van der Waals surface area contributed by atoms with Crippen molar-refractivity contribution >= 4 is 0 Å². The Morgan fingerprint density at radius 3 is 2.40 bits per heavy atom. The van der Waals surface area contributed by atoms with E-state index in [0.717, 1.165) is 26.2 Å². The van der Waals surface area contributed by atoms with Crippen LogP contribution in [-0.4, -0.2) is 50.6 Å². The molecule has 1 aromatic rings. The fraction of sp³-hybridized carbons (Fsp3) is 0.538. The highest BCUT2D eigenvalue weighted by atomic mass is 19.4. The van der Waals surface area contributed by atoms with E-state index in [2.05, 4.69) is 15.0 Å². The number of alkyl halides is 3. The lowest BCUT2D eigenvalue weighted by Gasteiger charge is -2.27. The van der Waals surface area contributed by atoms with Gasteiger partial charge in [-0.05, 0) is 12.1 Å². The minimum atomic E-state index is -4.71. The zero-order valence-electron chi connectivity index (χ0n) is 10.9. The van der Waals surface area contributed by atoms with Crippen LogP contribution in [0.5, 0.6) is 11.5 Å². The van der Waals surface area contributed by atoms with Crippen LogP contribution < -0.4 is 14.8 Å². The standard InChI is InChI=1S/C13H17F3N2O2/c14-13(15,16)20-12-4-2-1-3-11(12)19-10-9-18-7-5-17-6-8-18/h1-4,17H,5-10H2. The minimum Gasteiger partial charge on any atom is -0.488 e. The molecule has 2 rings (SSSR count). The predicted molar refractivity (Wildman–Crippen MR) is 67.9 cm³/mol. The van der Waals surface area contributed by atoms with Crippen molar-refractivity contribution in [3.05, 3.63) is 24.3 Å². The normalized spacial score (nSPS) is 16.9. The molecule has 1 fully saturated rings. The van der Waals surface area contributed by atoms with Gasteiger partial charge in [0, 0.05) is 32.7 Å². The van der Waals surface area contributed by atoms with Gasteiger partial charge in [-0.15, -0.1) is 13.2 Å². The van der Waals surface area contributed by atoms with Gasteiger partial charge in [0.15, 0.2) is 11.5 Å². The lowest BCUT2D eigenvalue weighted by atomic mass is 10.3. The summed E-state index contributed by atoms with van der Waals surface area (Å²) in [5.74, 6) is -0.194. The number of ether oxygens (including phenoxy) is 2. The van der Waals surface area contributed by atoms with Crippen LogP contribution in [0.4, 0.5) is 13.2 Å². The second-order valence-electron chi connectivity index (χ2n) is 4.43. The molecule has 1 N–H and O–H groups in total. The Balaban J connectivity index is 1.85. The van der Waals surface area contributed by atoms with Gasteiger partial charge in [0.2, 0.25) is 0 Å². The minimum absolute atomic E-state index is 0.111. The monoisotopic (exact) mass is 290 g/mol. The molecule has 0 atom stereocenters. The first kappa shape index (κ1) is 14.9. The zero-order valence-corrected chi connectivity index (χ0v) is 10.9. The second kappa shape index (κ2) is 6.81. The van der Waals surface area contributed by atoms with Crippen molar-refractivity contribution < 1.29 is 22.6 Å². The first-order valence-electron chi connectivity index (χ1n) is 6.45. The first-order chi connectivity index (χ1) is 9.54. The number of piperazine rings is 1. The Morgan fingerprint density at radius 1 is 1.10 bits per heavy atom. The third-order valence-electron chi connectivity index (χ3n) is 2.95. The Hall–Kier alpha value is -1.47. The Kier molecular flexibility index (Phi) is 5.08. The maximum atomic E-state index is 12.2. The van der Waals surface area contributed by atoms with Crippen LogP contribution in [0, 0.1) is 0 Å². The summed E-state index contributed by atoms with van der Waals surface area (Å²) in [7, 11) is 0. The summed E-state index contributed by atoms with van der Waals surface area (Å²) < 4.78 is 46.0. The van der Waals surface area contributed by atoms with Crippen molar-refractivity contribution in [1.82, 2.24) is 10.2 Å². The van der Waals surface area contributed by atoms with Crippen LogP contribution in [0.1, 0.15) is 0 Å². The van der Waals surface area contributed by atoms with Crippen LogP contribution >= 0.6 is 0 Å². The fourth-order valence-electron chi connectivity index (χ4n) is 2.00. The molecule has 0 saturated carbocycles. The highest BCUT2D eigenvalue weighted by Gasteiger charge is 2.32. The SMILES string of the molecule is FC(F)(F)Oc1ccccc1OCCN1CCNCC1. The molecule has 7 heteroatoms. The van der Waals surface area contributed by atoms with E-state index in [-0.39, 0.29) is 11.5 Å². The maximum absolute atomic E-state index is 12.2. The van der Waals surface area contributed by atoms with E-state index in [1.165, 1.54) is 18.2 Å². The molecule has 0 aromatic heterocycles. The zero-order chi connectivity index (χ0) is 14.4. The molecule has 4 nitrogen and oxygen atoms in total. The molecule has 0 aliphatic carbocycles. The first-order valence-corrected chi connectivity index (χ1v) is 6.45. The number of nitrogens with one attached hydrogen (secondary N) is 1. The van der Waals surface area contributed by atoms with Crippen molar-refractivity contribution in [3.8, 4) is 11.5 Å². The molecule has 0 amide bonds. The number of rotatable bonds is 5. The average molecular weight is 290 g/mol. The van der Waals surface area contributed by atoms with Crippen molar-refractivity contribution in [2.75, 3.05) is 39.3 Å². The molecule has 0 bridgehead atoms. The third kappa shape index (κ3) is 4.90. The van der Waals surface area contributed by atoms with Crippen molar-refractivity contribution in [2.24, 2.45) is 0 Å². The Morgan fingerprint density at radius 2 is 1.75 bits per heavy atom. The van der Waals surface area contributed by atoms with Crippen LogP contribution in [0.2, 0.25) is 0 Å². The predicted octanol–water partition coefficient (Wildman–Crippen LogP) is 1.87. The summed E-state index contributed by atoms with van der Waals surface area (Å²) in [6.07, 6.45) is -4.71. The third-order valence-corrected chi connectivity index (χ3v) is 2.95. The lowest BCUT2D eigenvalue weighted by Crippen LogP contribution is -2.44. The van der Waals surface area contributed by atoms with Gasteiger partial charge in [-0.25, -0.2) is 0 Å². The van der Waals surface area contributed by atoms with E-state index in [0.29, 0.717) is 13.2 Å². The van der Waals surface area contributed by atoms with Crippen LogP contribution in [0.25, 0.3) is 0 Å².